The minimum atomic E-state index is -0.605. The van der Waals surface area contributed by atoms with Crippen LogP contribution in [0.15, 0.2) is 55.0 Å². The van der Waals surface area contributed by atoms with Crippen LogP contribution in [-0.2, 0) is 31.2 Å². The molecule has 12 heteroatoms. The number of aromatic nitrogens is 5. The summed E-state index contributed by atoms with van der Waals surface area (Å²) >= 11 is 6.95. The van der Waals surface area contributed by atoms with Crippen LogP contribution in [0.25, 0.3) is 22.2 Å². The largest absolute Gasteiger partial charge is 0.444 e. The lowest BCUT2D eigenvalue weighted by Crippen LogP contribution is -2.40. The minimum Gasteiger partial charge on any atom is -0.444 e. The van der Waals surface area contributed by atoms with Gasteiger partial charge in [0.1, 0.15) is 17.4 Å². The molecule has 0 aliphatic carbocycles. The van der Waals surface area contributed by atoms with Crippen LogP contribution in [0.4, 0.5) is 10.5 Å². The van der Waals surface area contributed by atoms with E-state index in [4.69, 9.17) is 16.3 Å². The zero-order valence-electron chi connectivity index (χ0n) is 26.8. The number of nitrogens with one attached hydrogen (secondary N) is 1. The van der Waals surface area contributed by atoms with Gasteiger partial charge in [-0.3, -0.25) is 14.6 Å². The molecule has 1 N–H and O–H groups in total. The van der Waals surface area contributed by atoms with Crippen molar-refractivity contribution in [1.29, 1.82) is 0 Å². The van der Waals surface area contributed by atoms with Crippen LogP contribution in [0.2, 0.25) is 5.02 Å². The number of carbonyl (C=O) groups excluding carboxylic acids is 3. The van der Waals surface area contributed by atoms with E-state index in [2.05, 4.69) is 25.3 Å². The van der Waals surface area contributed by atoms with E-state index >= 15 is 0 Å². The van der Waals surface area contributed by atoms with Gasteiger partial charge in [0.2, 0.25) is 0 Å². The summed E-state index contributed by atoms with van der Waals surface area (Å²) in [6.07, 6.45) is 4.38. The molecule has 1 aliphatic heterocycles. The van der Waals surface area contributed by atoms with Gasteiger partial charge in [0.15, 0.2) is 12.1 Å². The molecule has 5 aromatic rings. The van der Waals surface area contributed by atoms with Crippen molar-refractivity contribution in [2.75, 3.05) is 11.9 Å². The van der Waals surface area contributed by atoms with E-state index in [1.54, 1.807) is 28.6 Å². The molecular formula is C35H34ClN7O4. The van der Waals surface area contributed by atoms with Crippen LogP contribution in [0, 0.1) is 6.92 Å². The molecule has 1 aliphatic rings. The number of amides is 2. The maximum absolute atomic E-state index is 13.5. The Bertz CT molecular complexity index is 2050. The average molecular weight is 652 g/mol. The summed E-state index contributed by atoms with van der Waals surface area (Å²) in [5.41, 5.74) is 7.54. The first-order valence-electron chi connectivity index (χ1n) is 15.2. The zero-order chi connectivity index (χ0) is 33.5. The number of ether oxygens (including phenoxy) is 1. The predicted octanol–water partition coefficient (Wildman–Crippen LogP) is 6.34. The quantitative estimate of drug-likeness (QED) is 0.211. The standard InChI is InChI=1S/C35H34ClN7O4/c1-20-22(15-27-31-26(38-19-39-27)14-21(18-44)16-37-31)8-6-9-23(20)24-10-7-11-25(30(24)36)41-33(45)32-40-28-17-43(13-12-29(28)42(32)5)34(46)47-35(2,3)4/h6-11,14,16,18-19H,12-13,15,17H2,1-5H3,(H,41,45). The lowest BCUT2D eigenvalue weighted by Gasteiger charge is -2.29. The number of benzene rings is 2. The van der Waals surface area contributed by atoms with E-state index in [0.717, 1.165) is 39.9 Å². The average Bonchev–Trinajstić information content (AvgIpc) is 3.38. The topological polar surface area (TPSA) is 132 Å². The van der Waals surface area contributed by atoms with E-state index in [1.165, 1.54) is 12.5 Å². The molecule has 0 spiro atoms. The highest BCUT2D eigenvalue weighted by Crippen LogP contribution is 2.37. The highest BCUT2D eigenvalue weighted by atomic mass is 35.5. The maximum atomic E-state index is 13.5. The molecule has 0 radical (unpaired) electrons. The molecule has 0 atom stereocenters. The molecule has 2 amide bonds. The number of rotatable bonds is 6. The second-order valence-corrected chi connectivity index (χ2v) is 12.9. The molecule has 47 heavy (non-hydrogen) atoms. The Morgan fingerprint density at radius 1 is 1.09 bits per heavy atom. The normalized spacial score (nSPS) is 12.9. The van der Waals surface area contributed by atoms with Crippen LogP contribution in [0.1, 0.15) is 70.0 Å². The van der Waals surface area contributed by atoms with Gasteiger partial charge in [-0.25, -0.2) is 19.7 Å². The fraction of sp³-hybridized carbons (Fsp3) is 0.286. The maximum Gasteiger partial charge on any atom is 0.410 e. The number of anilines is 1. The molecule has 11 nitrogen and oxygen atoms in total. The summed E-state index contributed by atoms with van der Waals surface area (Å²) in [6.45, 7) is 8.24. The molecule has 4 heterocycles. The second-order valence-electron chi connectivity index (χ2n) is 12.5. The van der Waals surface area contributed by atoms with Crippen molar-refractivity contribution >= 4 is 46.6 Å². The van der Waals surface area contributed by atoms with Crippen molar-refractivity contribution < 1.29 is 19.1 Å². The van der Waals surface area contributed by atoms with Gasteiger partial charge in [-0.15, -0.1) is 0 Å². The molecule has 240 valence electrons. The monoisotopic (exact) mass is 651 g/mol. The molecular weight excluding hydrogens is 618 g/mol. The van der Waals surface area contributed by atoms with Gasteiger partial charge in [0.05, 0.1) is 34.2 Å². The minimum absolute atomic E-state index is 0.228. The first kappa shape index (κ1) is 31.8. The second kappa shape index (κ2) is 12.6. The number of aldehydes is 1. The molecule has 6 rings (SSSR count). The Hall–Kier alpha value is -5.16. The number of hydrogen-bond acceptors (Lipinski definition) is 8. The molecule has 2 aromatic carbocycles. The predicted molar refractivity (Wildman–Crippen MR) is 179 cm³/mol. The zero-order valence-corrected chi connectivity index (χ0v) is 27.6. The lowest BCUT2D eigenvalue weighted by atomic mass is 9.93. The van der Waals surface area contributed by atoms with Gasteiger partial charge in [-0.2, -0.15) is 0 Å². The van der Waals surface area contributed by atoms with E-state index in [0.29, 0.717) is 52.4 Å². The van der Waals surface area contributed by atoms with Crippen molar-refractivity contribution in [3.8, 4) is 11.1 Å². The van der Waals surface area contributed by atoms with E-state index in [-0.39, 0.29) is 12.4 Å². The summed E-state index contributed by atoms with van der Waals surface area (Å²) in [4.78, 5) is 56.8. The Morgan fingerprint density at radius 2 is 1.85 bits per heavy atom. The van der Waals surface area contributed by atoms with Crippen LogP contribution in [0.3, 0.4) is 0 Å². The Kier molecular flexibility index (Phi) is 8.50. The van der Waals surface area contributed by atoms with Gasteiger partial charge in [-0.1, -0.05) is 41.9 Å². The molecule has 3 aromatic heterocycles. The smallest absolute Gasteiger partial charge is 0.410 e. The number of carbonyl (C=O) groups is 3. The van der Waals surface area contributed by atoms with E-state index in [9.17, 15) is 14.4 Å². The fourth-order valence-electron chi connectivity index (χ4n) is 5.78. The third kappa shape index (κ3) is 6.44. The number of hydrogen-bond donors (Lipinski definition) is 1. The summed E-state index contributed by atoms with van der Waals surface area (Å²) in [5, 5.41) is 3.34. The number of nitrogens with zero attached hydrogens (tertiary/aromatic N) is 6. The number of halogens is 1. The molecule has 0 saturated heterocycles. The summed E-state index contributed by atoms with van der Waals surface area (Å²) in [6, 6.07) is 13.2. The molecule has 0 unspecified atom stereocenters. The van der Waals surface area contributed by atoms with Crippen LogP contribution in [-0.4, -0.2) is 59.8 Å². The molecule has 0 bridgehead atoms. The van der Waals surface area contributed by atoms with Crippen molar-refractivity contribution in [2.45, 2.75) is 52.7 Å². The third-order valence-electron chi connectivity index (χ3n) is 8.16. The third-order valence-corrected chi connectivity index (χ3v) is 8.57. The first-order chi connectivity index (χ1) is 22.4. The van der Waals surface area contributed by atoms with Gasteiger partial charge in [0.25, 0.3) is 5.91 Å². The molecule has 0 saturated carbocycles. The number of imidazole rings is 1. The van der Waals surface area contributed by atoms with Gasteiger partial charge in [-0.05, 0) is 56.5 Å². The summed E-state index contributed by atoms with van der Waals surface area (Å²) in [5.74, 6) is -0.178. The van der Waals surface area contributed by atoms with E-state index < -0.39 is 17.6 Å². The van der Waals surface area contributed by atoms with Crippen LogP contribution in [0.5, 0.6) is 0 Å². The SMILES string of the molecule is Cc1c(Cc2ncnc3cc(C=O)cnc23)cccc1-c1cccc(NC(=O)c2nc3c(n2C)CCN(C(=O)OC(C)(C)C)C3)c1Cl. The van der Waals surface area contributed by atoms with Crippen molar-refractivity contribution in [1.82, 2.24) is 29.4 Å². The van der Waals surface area contributed by atoms with Gasteiger partial charge >= 0.3 is 6.09 Å². The Balaban J connectivity index is 1.24. The fourth-order valence-corrected chi connectivity index (χ4v) is 6.06. The number of pyridine rings is 1. The van der Waals surface area contributed by atoms with Crippen molar-refractivity contribution in [3.05, 3.63) is 99.6 Å². The van der Waals surface area contributed by atoms with Gasteiger partial charge in [0, 0.05) is 49.5 Å². The number of fused-ring (bicyclic) bond motifs is 2. The Labute approximate surface area is 277 Å². The highest BCUT2D eigenvalue weighted by Gasteiger charge is 2.30. The summed E-state index contributed by atoms with van der Waals surface area (Å²) < 4.78 is 7.30. The van der Waals surface area contributed by atoms with Crippen LogP contribution < -0.4 is 5.32 Å². The van der Waals surface area contributed by atoms with Gasteiger partial charge < -0.3 is 19.5 Å². The highest BCUT2D eigenvalue weighted by molar-refractivity contribution is 6.36. The van der Waals surface area contributed by atoms with Crippen molar-refractivity contribution in [2.24, 2.45) is 7.05 Å². The summed E-state index contributed by atoms with van der Waals surface area (Å²) in [7, 11) is 1.80. The van der Waals surface area contributed by atoms with E-state index in [1.807, 2.05) is 58.0 Å². The van der Waals surface area contributed by atoms with Crippen molar-refractivity contribution in [3.63, 3.8) is 0 Å². The Morgan fingerprint density at radius 3 is 2.62 bits per heavy atom. The molecule has 0 fully saturated rings. The van der Waals surface area contributed by atoms with Crippen LogP contribution >= 0.6 is 11.6 Å². The lowest BCUT2D eigenvalue weighted by molar-refractivity contribution is 0.0220. The first-order valence-corrected chi connectivity index (χ1v) is 15.6.